The van der Waals surface area contributed by atoms with E-state index in [2.05, 4.69) is 23.1 Å². The number of aromatic nitrogens is 3. The van der Waals surface area contributed by atoms with Crippen LogP contribution in [0.3, 0.4) is 0 Å². The molecule has 50 heavy (non-hydrogen) atoms. The highest BCUT2D eigenvalue weighted by Gasteiger charge is 2.32. The molecular formula is C37H67N6O6P. The maximum atomic E-state index is 10.2. The number of aryl methyl sites for hydroxylation is 1. The van der Waals surface area contributed by atoms with Gasteiger partial charge >= 0.3 is 8.60 Å². The molecule has 2 aromatic rings. The Labute approximate surface area is 302 Å². The maximum absolute atomic E-state index is 10.2. The zero-order valence-electron chi connectivity index (χ0n) is 31.2. The van der Waals surface area contributed by atoms with Crippen LogP contribution in [-0.4, -0.2) is 70.3 Å². The summed E-state index contributed by atoms with van der Waals surface area (Å²) in [5.41, 5.74) is 11.9. The molecule has 0 aliphatic carbocycles. The van der Waals surface area contributed by atoms with Crippen LogP contribution in [0.4, 0.5) is 5.82 Å². The zero-order valence-corrected chi connectivity index (χ0v) is 32.1. The number of unbranched alkanes of at least 4 members (excludes halogenated alkanes) is 15. The fourth-order valence-electron chi connectivity index (χ4n) is 5.34. The number of anilines is 1. The van der Waals surface area contributed by atoms with Gasteiger partial charge in [0.1, 0.15) is 17.9 Å². The molecule has 12 nitrogen and oxygen atoms in total. The second kappa shape index (κ2) is 30.3. The fraction of sp³-hybridized carbons (Fsp3) is 0.757. The lowest BCUT2D eigenvalue weighted by molar-refractivity contribution is -0.0110. The van der Waals surface area contributed by atoms with Gasteiger partial charge in [-0.25, -0.2) is 9.50 Å². The first kappa shape index (κ1) is 45.7. The van der Waals surface area contributed by atoms with Gasteiger partial charge in [0.05, 0.1) is 19.8 Å². The molecule has 2 heterocycles. The highest BCUT2D eigenvalue weighted by molar-refractivity contribution is 7.40. The lowest BCUT2D eigenvalue weighted by Crippen LogP contribution is -2.35. The Morgan fingerprint density at radius 2 is 1.50 bits per heavy atom. The quantitative estimate of drug-likeness (QED) is 0.0454. The number of methoxy groups -OCH3 is 1. The van der Waals surface area contributed by atoms with E-state index in [1.165, 1.54) is 110 Å². The number of aliphatic hydroxyl groups is 1. The number of fused-ring (bicyclic) bond motifs is 1. The number of ether oxygens (including phenoxy) is 2. The van der Waals surface area contributed by atoms with Crippen LogP contribution in [0.1, 0.15) is 135 Å². The Kier molecular flexibility index (Phi) is 27.7. The van der Waals surface area contributed by atoms with Crippen molar-refractivity contribution >= 4 is 19.9 Å². The number of hydrogen-bond acceptors (Lipinski definition) is 11. The Hall–Kier alpha value is -2.36. The predicted molar refractivity (Wildman–Crippen MR) is 202 cm³/mol. The number of nitrogens with two attached hydrogens (primary N) is 2. The number of hydrogen-bond donors (Lipinski definition) is 4. The summed E-state index contributed by atoms with van der Waals surface area (Å²) in [6, 6.07) is 5.92. The molecule has 0 spiro atoms. The van der Waals surface area contributed by atoms with Crippen molar-refractivity contribution in [2.45, 2.75) is 141 Å². The highest BCUT2D eigenvalue weighted by Crippen LogP contribution is 2.35. The van der Waals surface area contributed by atoms with E-state index >= 15 is 0 Å². The van der Waals surface area contributed by atoms with E-state index < -0.39 is 14.2 Å². The number of nitriles is 1. The molecule has 2 rings (SSSR count). The normalized spacial score (nSPS) is 13.5. The molecule has 0 amide bonds. The van der Waals surface area contributed by atoms with Crippen LogP contribution >= 0.6 is 8.60 Å². The van der Waals surface area contributed by atoms with E-state index in [4.69, 9.17) is 35.1 Å². The van der Waals surface area contributed by atoms with Crippen LogP contribution in [0.2, 0.25) is 0 Å². The standard InChI is InChI=1S/C33H58N5O5P.C4H9NO/c1-3-4-5-6-7-8-9-10-11-12-13-14-15-16-17-18-24-41-25-19-26-42-44(39)43-28-33(27-34,40-2)23-22-30-20-21-31-32(35)36-29-37-38(30)31;1-2-4(5)3-6/h20-21,29,39H,3-19,22-26,28H2,1-2H3,(H2,35,36,37);2,6H,3,5H2,1H3/b;4-2-. The Morgan fingerprint density at radius 1 is 0.920 bits per heavy atom. The first-order valence-electron chi connectivity index (χ1n) is 18.7. The van der Waals surface area contributed by atoms with Crippen molar-refractivity contribution < 1.29 is 28.5 Å². The molecule has 286 valence electrons. The number of nitrogen functional groups attached to an aromatic ring is 1. The smallest absolute Gasteiger partial charge is 0.329 e. The third-order valence-corrected chi connectivity index (χ3v) is 9.43. The minimum atomic E-state index is -2.12. The number of nitrogens with zero attached hydrogens (tertiary/aromatic N) is 4. The molecule has 0 saturated carbocycles. The van der Waals surface area contributed by atoms with Crippen LogP contribution in [0, 0.1) is 11.3 Å². The summed E-state index contributed by atoms with van der Waals surface area (Å²) in [5.74, 6) is 0.390. The van der Waals surface area contributed by atoms with E-state index in [-0.39, 0.29) is 13.2 Å². The van der Waals surface area contributed by atoms with Gasteiger partial charge in [-0.1, -0.05) is 109 Å². The van der Waals surface area contributed by atoms with Crippen molar-refractivity contribution in [1.82, 2.24) is 14.6 Å². The summed E-state index contributed by atoms with van der Waals surface area (Å²) in [6.07, 6.45) is 26.3. The van der Waals surface area contributed by atoms with Crippen LogP contribution in [-0.2, 0) is 24.9 Å². The molecule has 0 aliphatic rings. The molecule has 0 aromatic carbocycles. The molecule has 2 aromatic heterocycles. The van der Waals surface area contributed by atoms with Crippen molar-refractivity contribution in [2.75, 3.05) is 45.9 Å². The maximum Gasteiger partial charge on any atom is 0.329 e. The van der Waals surface area contributed by atoms with Gasteiger partial charge < -0.3 is 40.0 Å². The molecule has 2 unspecified atom stereocenters. The minimum absolute atomic E-state index is 0.0312. The van der Waals surface area contributed by atoms with Gasteiger partial charge in [-0.2, -0.15) is 10.4 Å². The SMILES string of the molecule is C/C=C(\N)CO.CCCCCCCCCCCCCCCCCCOCCCOP(O)OCC(C#N)(CCc1ccc2c(N)ncnn12)OC. The molecule has 0 radical (unpaired) electrons. The van der Waals surface area contributed by atoms with Crippen LogP contribution in [0.5, 0.6) is 0 Å². The Morgan fingerprint density at radius 3 is 2.02 bits per heavy atom. The summed E-state index contributed by atoms with van der Waals surface area (Å²) in [7, 11) is -0.662. The lowest BCUT2D eigenvalue weighted by Gasteiger charge is -2.25. The third kappa shape index (κ3) is 21.1. The highest BCUT2D eigenvalue weighted by atomic mass is 31.2. The van der Waals surface area contributed by atoms with Gasteiger partial charge in [-0.15, -0.1) is 0 Å². The summed E-state index contributed by atoms with van der Waals surface area (Å²) in [5, 5.41) is 22.2. The molecule has 0 aliphatic heterocycles. The lowest BCUT2D eigenvalue weighted by atomic mass is 9.99. The Balaban J connectivity index is 0.00000190. The summed E-state index contributed by atoms with van der Waals surface area (Å²) < 4.78 is 23.8. The molecule has 2 atom stereocenters. The summed E-state index contributed by atoms with van der Waals surface area (Å²) in [4.78, 5) is 14.2. The van der Waals surface area contributed by atoms with Crippen molar-refractivity contribution in [2.24, 2.45) is 5.73 Å². The largest absolute Gasteiger partial charge is 0.400 e. The van der Waals surface area contributed by atoms with Gasteiger partial charge in [-0.05, 0) is 44.7 Å². The average Bonchev–Trinajstić information content (AvgIpc) is 3.56. The topological polar surface area (TPSA) is 183 Å². The first-order valence-corrected chi connectivity index (χ1v) is 19.9. The number of aliphatic hydroxyl groups excluding tert-OH is 1. The molecule has 13 heteroatoms. The van der Waals surface area contributed by atoms with E-state index in [1.54, 1.807) is 17.5 Å². The second-order valence-electron chi connectivity index (χ2n) is 12.7. The van der Waals surface area contributed by atoms with Crippen molar-refractivity contribution in [1.29, 1.82) is 5.26 Å². The molecule has 6 N–H and O–H groups in total. The van der Waals surface area contributed by atoms with Crippen LogP contribution in [0.25, 0.3) is 5.52 Å². The third-order valence-electron chi connectivity index (χ3n) is 8.68. The van der Waals surface area contributed by atoms with Crippen LogP contribution < -0.4 is 11.5 Å². The van der Waals surface area contributed by atoms with Crippen molar-refractivity contribution in [3.63, 3.8) is 0 Å². The summed E-state index contributed by atoms with van der Waals surface area (Å²) >= 11 is 0. The predicted octanol–water partition coefficient (Wildman–Crippen LogP) is 7.91. The van der Waals surface area contributed by atoms with Crippen molar-refractivity contribution in [3.05, 3.63) is 35.9 Å². The van der Waals surface area contributed by atoms with E-state index in [0.717, 1.165) is 18.7 Å². The zero-order chi connectivity index (χ0) is 36.7. The van der Waals surface area contributed by atoms with Crippen molar-refractivity contribution in [3.8, 4) is 6.07 Å². The van der Waals surface area contributed by atoms with E-state index in [0.29, 0.717) is 49.5 Å². The van der Waals surface area contributed by atoms with E-state index in [1.807, 2.05) is 12.1 Å². The van der Waals surface area contributed by atoms with E-state index in [9.17, 15) is 10.2 Å². The summed E-state index contributed by atoms with van der Waals surface area (Å²) in [6.45, 7) is 5.59. The number of allylic oxidation sites excluding steroid dienone is 1. The van der Waals surface area contributed by atoms with Crippen LogP contribution in [0.15, 0.2) is 30.2 Å². The average molecular weight is 723 g/mol. The minimum Gasteiger partial charge on any atom is -0.400 e. The second-order valence-corrected chi connectivity index (χ2v) is 13.7. The molecular weight excluding hydrogens is 655 g/mol. The van der Waals surface area contributed by atoms with Gasteiger partial charge in [0.2, 0.25) is 0 Å². The van der Waals surface area contributed by atoms with Gasteiger partial charge in [0.15, 0.2) is 11.4 Å². The van der Waals surface area contributed by atoms with Gasteiger partial charge in [0.25, 0.3) is 0 Å². The molecule has 0 fully saturated rings. The fourth-order valence-corrected chi connectivity index (χ4v) is 6.02. The van der Waals surface area contributed by atoms with Gasteiger partial charge in [-0.3, -0.25) is 0 Å². The molecule has 0 bridgehead atoms. The first-order chi connectivity index (χ1) is 24.4. The number of rotatable bonds is 30. The molecule has 0 saturated heterocycles. The monoisotopic (exact) mass is 722 g/mol. The van der Waals surface area contributed by atoms with Gasteiger partial charge in [0, 0.05) is 31.7 Å². The Bertz CT molecular complexity index is 1180.